The number of hydrogen-bond acceptors (Lipinski definition) is 1. The third-order valence-corrected chi connectivity index (χ3v) is 1.93. The predicted molar refractivity (Wildman–Crippen MR) is 69.7 cm³/mol. The molecule has 0 aliphatic rings. The lowest BCUT2D eigenvalue weighted by Gasteiger charge is -2.04. The van der Waals surface area contributed by atoms with Crippen LogP contribution < -0.4 is 5.32 Å². The average molecular weight is 203 g/mol. The molecular weight excluding hydrogens is 182 g/mol. The minimum atomic E-state index is 0.826. The summed E-state index contributed by atoms with van der Waals surface area (Å²) in [5, 5.41) is 3.18. The number of rotatable bonds is 6. The molecule has 15 heavy (non-hydrogen) atoms. The Labute approximate surface area is 93.6 Å². The van der Waals surface area contributed by atoms with Gasteiger partial charge in [-0.1, -0.05) is 49.1 Å². The van der Waals surface area contributed by atoms with Crippen molar-refractivity contribution in [2.45, 2.75) is 20.8 Å². The Kier molecular flexibility index (Phi) is 6.19. The molecule has 1 heteroatoms. The number of hydrogen-bond donors (Lipinski definition) is 1. The molecule has 82 valence electrons. The maximum atomic E-state index is 3.88. The van der Waals surface area contributed by atoms with Crippen LogP contribution in [-0.4, -0.2) is 6.54 Å². The summed E-state index contributed by atoms with van der Waals surface area (Å²) in [6, 6.07) is 0. The Hall–Kier alpha value is -1.50. The van der Waals surface area contributed by atoms with Gasteiger partial charge in [-0.05, 0) is 26.3 Å². The van der Waals surface area contributed by atoms with Crippen molar-refractivity contribution in [3.63, 3.8) is 0 Å². The summed E-state index contributed by atoms with van der Waals surface area (Å²) in [7, 11) is 0. The zero-order valence-electron chi connectivity index (χ0n) is 10.1. The van der Waals surface area contributed by atoms with Crippen LogP contribution in [-0.2, 0) is 0 Å². The van der Waals surface area contributed by atoms with E-state index in [2.05, 4.69) is 38.1 Å². The van der Waals surface area contributed by atoms with Crippen molar-refractivity contribution in [1.82, 2.24) is 5.32 Å². The van der Waals surface area contributed by atoms with Crippen LogP contribution in [0, 0.1) is 0 Å². The van der Waals surface area contributed by atoms with Crippen LogP contribution >= 0.6 is 0 Å². The van der Waals surface area contributed by atoms with Crippen molar-refractivity contribution in [3.05, 3.63) is 60.4 Å². The molecule has 0 heterocycles. The molecule has 0 unspecified atom stereocenters. The molecule has 0 radical (unpaired) electrons. The first-order valence-corrected chi connectivity index (χ1v) is 5.02. The molecule has 0 saturated carbocycles. The fourth-order valence-corrected chi connectivity index (χ4v) is 0.966. The molecule has 0 spiro atoms. The van der Waals surface area contributed by atoms with Gasteiger partial charge in [-0.2, -0.15) is 0 Å². The first kappa shape index (κ1) is 13.5. The summed E-state index contributed by atoms with van der Waals surface area (Å²) in [6.45, 7) is 18.2. The maximum absolute atomic E-state index is 3.88. The van der Waals surface area contributed by atoms with E-state index in [0.717, 1.165) is 23.4 Å². The lowest BCUT2D eigenvalue weighted by Crippen LogP contribution is -2.12. The third kappa shape index (κ3) is 6.55. The Morgan fingerprint density at radius 1 is 1.13 bits per heavy atom. The SMILES string of the molecule is C=C/C(=C/C=C(/C)CNC(=C)C)C(=C)C. The molecule has 0 aromatic rings. The number of nitrogens with one attached hydrogen (secondary N) is 1. The van der Waals surface area contributed by atoms with Gasteiger partial charge < -0.3 is 5.32 Å². The Bertz CT molecular complexity index is 316. The second-order valence-electron chi connectivity index (χ2n) is 3.75. The Morgan fingerprint density at radius 3 is 2.13 bits per heavy atom. The quantitative estimate of drug-likeness (QED) is 0.648. The molecule has 0 aliphatic carbocycles. The first-order chi connectivity index (χ1) is 6.97. The van der Waals surface area contributed by atoms with Gasteiger partial charge in [0.25, 0.3) is 0 Å². The van der Waals surface area contributed by atoms with E-state index in [-0.39, 0.29) is 0 Å². The smallest absolute Gasteiger partial charge is 0.0357 e. The van der Waals surface area contributed by atoms with Crippen molar-refractivity contribution in [2.75, 3.05) is 6.54 Å². The lowest BCUT2D eigenvalue weighted by molar-refractivity contribution is 0.874. The molecule has 0 rings (SSSR count). The Morgan fingerprint density at radius 2 is 1.73 bits per heavy atom. The molecule has 0 fully saturated rings. The summed E-state index contributed by atoms with van der Waals surface area (Å²) in [4.78, 5) is 0. The largest absolute Gasteiger partial charge is 0.385 e. The van der Waals surface area contributed by atoms with Gasteiger partial charge in [0.1, 0.15) is 0 Å². The molecule has 0 aliphatic heterocycles. The van der Waals surface area contributed by atoms with Gasteiger partial charge >= 0.3 is 0 Å². The molecule has 0 atom stereocenters. The van der Waals surface area contributed by atoms with Crippen LogP contribution in [0.25, 0.3) is 0 Å². The summed E-state index contributed by atoms with van der Waals surface area (Å²) in [5.74, 6) is 0. The van der Waals surface area contributed by atoms with Gasteiger partial charge in [0.05, 0.1) is 0 Å². The standard InChI is InChI=1S/C14H21N/c1-7-14(11(2)3)9-8-13(6)10-15-12(4)5/h7-9,15H,1-2,4,10H2,3,5-6H3/b13-8-,14-9-. The zero-order chi connectivity index (χ0) is 11.8. The number of allylic oxidation sites excluding steroid dienone is 6. The van der Waals surface area contributed by atoms with Crippen molar-refractivity contribution in [3.8, 4) is 0 Å². The molecule has 0 amide bonds. The van der Waals surface area contributed by atoms with Gasteiger partial charge in [-0.25, -0.2) is 0 Å². The van der Waals surface area contributed by atoms with E-state index in [9.17, 15) is 0 Å². The summed E-state index contributed by atoms with van der Waals surface area (Å²) < 4.78 is 0. The predicted octanol–water partition coefficient (Wildman–Crippen LogP) is 3.74. The van der Waals surface area contributed by atoms with E-state index < -0.39 is 0 Å². The van der Waals surface area contributed by atoms with Gasteiger partial charge in [0.15, 0.2) is 0 Å². The van der Waals surface area contributed by atoms with Gasteiger partial charge in [-0.15, -0.1) is 0 Å². The summed E-state index contributed by atoms with van der Waals surface area (Å²) in [6.07, 6.45) is 5.92. The summed E-state index contributed by atoms with van der Waals surface area (Å²) in [5.41, 5.74) is 4.33. The highest BCUT2D eigenvalue weighted by molar-refractivity contribution is 5.38. The molecule has 0 bridgehead atoms. The lowest BCUT2D eigenvalue weighted by atomic mass is 10.1. The van der Waals surface area contributed by atoms with Crippen LogP contribution in [0.2, 0.25) is 0 Å². The van der Waals surface area contributed by atoms with E-state index >= 15 is 0 Å². The van der Waals surface area contributed by atoms with Crippen LogP contribution in [0.1, 0.15) is 20.8 Å². The molecule has 0 aromatic carbocycles. The highest BCUT2D eigenvalue weighted by Gasteiger charge is 1.91. The molecule has 0 aromatic heterocycles. The van der Waals surface area contributed by atoms with Gasteiger partial charge in [-0.3, -0.25) is 0 Å². The fraction of sp³-hybridized carbons (Fsp3) is 0.286. The van der Waals surface area contributed by atoms with E-state index in [1.54, 1.807) is 0 Å². The normalized spacial score (nSPS) is 12.2. The van der Waals surface area contributed by atoms with Crippen LogP contribution in [0.15, 0.2) is 60.4 Å². The fourth-order valence-electron chi connectivity index (χ4n) is 0.966. The minimum absolute atomic E-state index is 0.826. The van der Waals surface area contributed by atoms with Crippen molar-refractivity contribution in [1.29, 1.82) is 0 Å². The van der Waals surface area contributed by atoms with E-state index in [1.807, 2.05) is 26.0 Å². The maximum Gasteiger partial charge on any atom is 0.0357 e. The highest BCUT2D eigenvalue weighted by atomic mass is 14.9. The molecule has 1 nitrogen and oxygen atoms in total. The highest BCUT2D eigenvalue weighted by Crippen LogP contribution is 2.08. The van der Waals surface area contributed by atoms with Crippen LogP contribution in [0.5, 0.6) is 0 Å². The van der Waals surface area contributed by atoms with Crippen LogP contribution in [0.4, 0.5) is 0 Å². The van der Waals surface area contributed by atoms with E-state index in [4.69, 9.17) is 0 Å². The molecular formula is C14H21N. The van der Waals surface area contributed by atoms with Crippen molar-refractivity contribution >= 4 is 0 Å². The van der Waals surface area contributed by atoms with E-state index in [1.165, 1.54) is 5.57 Å². The molecule has 1 N–H and O–H groups in total. The van der Waals surface area contributed by atoms with Crippen molar-refractivity contribution in [2.24, 2.45) is 0 Å². The topological polar surface area (TPSA) is 12.0 Å². The second kappa shape index (κ2) is 6.88. The van der Waals surface area contributed by atoms with Gasteiger partial charge in [0.2, 0.25) is 0 Å². The minimum Gasteiger partial charge on any atom is -0.385 e. The summed E-state index contributed by atoms with van der Waals surface area (Å²) >= 11 is 0. The first-order valence-electron chi connectivity index (χ1n) is 5.02. The zero-order valence-corrected chi connectivity index (χ0v) is 10.1. The second-order valence-corrected chi connectivity index (χ2v) is 3.75. The third-order valence-electron chi connectivity index (χ3n) is 1.93. The molecule has 0 saturated heterocycles. The van der Waals surface area contributed by atoms with Crippen molar-refractivity contribution < 1.29 is 0 Å². The van der Waals surface area contributed by atoms with Crippen LogP contribution in [0.3, 0.4) is 0 Å². The van der Waals surface area contributed by atoms with Gasteiger partial charge in [0, 0.05) is 12.2 Å². The monoisotopic (exact) mass is 203 g/mol. The Balaban J connectivity index is 4.41. The average Bonchev–Trinajstić information content (AvgIpc) is 2.15. The van der Waals surface area contributed by atoms with E-state index in [0.29, 0.717) is 0 Å².